The van der Waals surface area contributed by atoms with Crippen molar-refractivity contribution in [3.63, 3.8) is 0 Å². The fraction of sp³-hybridized carbons (Fsp3) is 0.429. The molecule has 0 saturated carbocycles. The number of amides is 2. The summed E-state index contributed by atoms with van der Waals surface area (Å²) in [5, 5.41) is 2.93. The van der Waals surface area contributed by atoms with Crippen LogP contribution in [0.1, 0.15) is 12.0 Å². The predicted molar refractivity (Wildman–Crippen MR) is 73.2 cm³/mol. The molecule has 0 aliphatic carbocycles. The van der Waals surface area contributed by atoms with E-state index < -0.39 is 0 Å². The number of nitrogens with zero attached hydrogens (tertiary/aromatic N) is 2. The van der Waals surface area contributed by atoms with E-state index in [-0.39, 0.29) is 5.91 Å². The van der Waals surface area contributed by atoms with Crippen molar-refractivity contribution in [1.29, 1.82) is 0 Å². The van der Waals surface area contributed by atoms with E-state index in [0.717, 1.165) is 44.7 Å². The first kappa shape index (κ1) is 12.0. The van der Waals surface area contributed by atoms with Gasteiger partial charge in [-0.15, -0.1) is 0 Å². The molecule has 1 fully saturated rings. The molecule has 100 valence electrons. The van der Waals surface area contributed by atoms with Crippen molar-refractivity contribution in [3.8, 4) is 0 Å². The lowest BCUT2D eigenvalue weighted by atomic mass is 10.00. The number of hydrogen-bond acceptors (Lipinski definition) is 3. The van der Waals surface area contributed by atoms with Crippen LogP contribution in [0.5, 0.6) is 0 Å². The third kappa shape index (κ3) is 2.28. The lowest BCUT2D eigenvalue weighted by Gasteiger charge is -2.36. The van der Waals surface area contributed by atoms with Gasteiger partial charge in [0.25, 0.3) is 0 Å². The van der Waals surface area contributed by atoms with E-state index >= 15 is 0 Å². The lowest BCUT2D eigenvalue weighted by Crippen LogP contribution is -2.46. The van der Waals surface area contributed by atoms with Crippen LogP contribution in [0.25, 0.3) is 0 Å². The molecule has 0 unspecified atom stereocenters. The molecule has 19 heavy (non-hydrogen) atoms. The van der Waals surface area contributed by atoms with E-state index in [0.29, 0.717) is 6.42 Å². The molecule has 0 bridgehead atoms. The minimum atomic E-state index is 0.0930. The molecule has 0 atom stereocenters. The van der Waals surface area contributed by atoms with Crippen molar-refractivity contribution in [2.75, 3.05) is 36.4 Å². The number of nitrogens with one attached hydrogen (secondary N) is 1. The van der Waals surface area contributed by atoms with Gasteiger partial charge in [0.05, 0.1) is 0 Å². The average Bonchev–Trinajstić information content (AvgIpc) is 2.46. The van der Waals surface area contributed by atoms with Crippen molar-refractivity contribution >= 4 is 23.7 Å². The molecule has 2 aliphatic rings. The number of carbonyl (C=O) groups is 2. The van der Waals surface area contributed by atoms with Gasteiger partial charge in [0, 0.05) is 44.0 Å². The van der Waals surface area contributed by atoms with Gasteiger partial charge >= 0.3 is 0 Å². The Hall–Kier alpha value is -2.04. The van der Waals surface area contributed by atoms with Crippen LogP contribution >= 0.6 is 0 Å². The summed E-state index contributed by atoms with van der Waals surface area (Å²) in [6.45, 7) is 3.23. The Morgan fingerprint density at radius 3 is 2.63 bits per heavy atom. The highest BCUT2D eigenvalue weighted by atomic mass is 16.1. The zero-order chi connectivity index (χ0) is 13.2. The van der Waals surface area contributed by atoms with Gasteiger partial charge in [-0.25, -0.2) is 0 Å². The van der Waals surface area contributed by atoms with E-state index in [1.165, 1.54) is 11.3 Å². The van der Waals surface area contributed by atoms with Gasteiger partial charge in [-0.2, -0.15) is 0 Å². The van der Waals surface area contributed by atoms with Crippen LogP contribution in [0.4, 0.5) is 11.4 Å². The van der Waals surface area contributed by atoms with Crippen LogP contribution in [-0.2, 0) is 16.0 Å². The molecule has 2 heterocycles. The van der Waals surface area contributed by atoms with Gasteiger partial charge in [-0.1, -0.05) is 6.07 Å². The van der Waals surface area contributed by atoms with Gasteiger partial charge < -0.3 is 15.1 Å². The van der Waals surface area contributed by atoms with Crippen LogP contribution in [0.3, 0.4) is 0 Å². The summed E-state index contributed by atoms with van der Waals surface area (Å²) in [6, 6.07) is 6.04. The second kappa shape index (κ2) is 4.91. The Bertz CT molecular complexity index is 507. The highest BCUT2D eigenvalue weighted by Crippen LogP contribution is 2.32. The number of hydrogen-bond donors (Lipinski definition) is 1. The minimum absolute atomic E-state index is 0.0930. The van der Waals surface area contributed by atoms with Crippen molar-refractivity contribution in [2.45, 2.75) is 12.8 Å². The van der Waals surface area contributed by atoms with Crippen molar-refractivity contribution in [2.24, 2.45) is 0 Å². The van der Waals surface area contributed by atoms with E-state index in [2.05, 4.69) is 16.3 Å². The molecule has 3 rings (SSSR count). The molecule has 1 saturated heterocycles. The van der Waals surface area contributed by atoms with E-state index in [9.17, 15) is 9.59 Å². The molecular formula is C14H17N3O2. The van der Waals surface area contributed by atoms with Crippen LogP contribution in [-0.4, -0.2) is 43.4 Å². The lowest BCUT2D eigenvalue weighted by molar-refractivity contribution is -0.118. The van der Waals surface area contributed by atoms with Gasteiger partial charge in [0.15, 0.2) is 0 Å². The molecule has 2 amide bonds. The third-order valence-electron chi connectivity index (χ3n) is 3.83. The SMILES string of the molecule is O=CN1CCN(c2cccc3c2CCC(=O)N3)CC1. The Morgan fingerprint density at radius 2 is 1.89 bits per heavy atom. The smallest absolute Gasteiger partial charge is 0.224 e. The Labute approximate surface area is 112 Å². The summed E-state index contributed by atoms with van der Waals surface area (Å²) in [4.78, 5) is 26.3. The van der Waals surface area contributed by atoms with Crippen molar-refractivity contribution in [3.05, 3.63) is 23.8 Å². The molecule has 0 spiro atoms. The molecule has 0 radical (unpaired) electrons. The summed E-state index contributed by atoms with van der Waals surface area (Å²) in [5.41, 5.74) is 3.36. The summed E-state index contributed by atoms with van der Waals surface area (Å²) in [6.07, 6.45) is 2.27. The number of fused-ring (bicyclic) bond motifs is 1. The zero-order valence-electron chi connectivity index (χ0n) is 10.8. The van der Waals surface area contributed by atoms with Gasteiger partial charge in [-0.3, -0.25) is 9.59 Å². The first-order valence-electron chi connectivity index (χ1n) is 6.64. The van der Waals surface area contributed by atoms with Gasteiger partial charge in [-0.05, 0) is 24.1 Å². The summed E-state index contributed by atoms with van der Waals surface area (Å²) < 4.78 is 0. The maximum absolute atomic E-state index is 11.4. The monoisotopic (exact) mass is 259 g/mol. The molecule has 5 nitrogen and oxygen atoms in total. The van der Waals surface area contributed by atoms with Crippen LogP contribution in [0.2, 0.25) is 0 Å². The normalized spacial score (nSPS) is 18.8. The van der Waals surface area contributed by atoms with E-state index in [1.54, 1.807) is 4.90 Å². The third-order valence-corrected chi connectivity index (χ3v) is 3.83. The van der Waals surface area contributed by atoms with Gasteiger partial charge in [0.1, 0.15) is 0 Å². The fourth-order valence-corrected chi connectivity index (χ4v) is 2.77. The van der Waals surface area contributed by atoms with E-state index in [1.807, 2.05) is 12.1 Å². The molecular weight excluding hydrogens is 242 g/mol. The molecule has 1 aromatic carbocycles. The zero-order valence-corrected chi connectivity index (χ0v) is 10.8. The van der Waals surface area contributed by atoms with Crippen LogP contribution < -0.4 is 10.2 Å². The van der Waals surface area contributed by atoms with Crippen LogP contribution in [0, 0.1) is 0 Å². The van der Waals surface area contributed by atoms with Crippen molar-refractivity contribution in [1.82, 2.24) is 4.90 Å². The topological polar surface area (TPSA) is 52.7 Å². The molecule has 1 N–H and O–H groups in total. The average molecular weight is 259 g/mol. The van der Waals surface area contributed by atoms with Crippen LogP contribution in [0.15, 0.2) is 18.2 Å². The number of benzene rings is 1. The van der Waals surface area contributed by atoms with E-state index in [4.69, 9.17) is 0 Å². The Morgan fingerprint density at radius 1 is 1.11 bits per heavy atom. The maximum atomic E-state index is 11.4. The molecule has 1 aromatic rings. The number of anilines is 2. The quantitative estimate of drug-likeness (QED) is 0.801. The summed E-state index contributed by atoms with van der Waals surface area (Å²) in [7, 11) is 0. The molecule has 2 aliphatic heterocycles. The summed E-state index contributed by atoms with van der Waals surface area (Å²) in [5.74, 6) is 0.0930. The first-order chi connectivity index (χ1) is 9.28. The van der Waals surface area contributed by atoms with Gasteiger partial charge in [0.2, 0.25) is 12.3 Å². The fourth-order valence-electron chi connectivity index (χ4n) is 2.77. The number of piperazine rings is 1. The van der Waals surface area contributed by atoms with Crippen molar-refractivity contribution < 1.29 is 9.59 Å². The molecule has 5 heteroatoms. The number of rotatable bonds is 2. The molecule has 0 aromatic heterocycles. The Kier molecular flexibility index (Phi) is 3.11. The highest BCUT2D eigenvalue weighted by molar-refractivity contribution is 5.95. The first-order valence-corrected chi connectivity index (χ1v) is 6.64. The second-order valence-electron chi connectivity index (χ2n) is 4.98. The predicted octanol–water partition coefficient (Wildman–Crippen LogP) is 0.850. The Balaban J connectivity index is 1.84. The highest BCUT2D eigenvalue weighted by Gasteiger charge is 2.22. The largest absolute Gasteiger partial charge is 0.368 e. The minimum Gasteiger partial charge on any atom is -0.368 e. The maximum Gasteiger partial charge on any atom is 0.224 e. The summed E-state index contributed by atoms with van der Waals surface area (Å²) >= 11 is 0. The second-order valence-corrected chi connectivity index (χ2v) is 4.98. The number of carbonyl (C=O) groups excluding carboxylic acids is 2. The standard InChI is InChI=1S/C14H17N3O2/c18-10-16-6-8-17(9-7-16)13-3-1-2-12-11(13)4-5-14(19)15-12/h1-3,10H,4-9H2,(H,15,19).